The molecule has 0 saturated carbocycles. The fourth-order valence-electron chi connectivity index (χ4n) is 2.17. The van der Waals surface area contributed by atoms with Crippen LogP contribution in [0.2, 0.25) is 0 Å². The van der Waals surface area contributed by atoms with E-state index in [1.807, 2.05) is 6.07 Å². The summed E-state index contributed by atoms with van der Waals surface area (Å²) in [7, 11) is 0. The van der Waals surface area contributed by atoms with Crippen molar-refractivity contribution in [3.05, 3.63) is 36.5 Å². The third-order valence-corrected chi connectivity index (χ3v) is 3.12. The van der Waals surface area contributed by atoms with Crippen LogP contribution in [0.5, 0.6) is 5.75 Å². The molecule has 0 saturated heterocycles. The molecule has 0 fully saturated rings. The standard InChI is InChI=1S/C16H22N4O/c1-11(2)9-12(17)10-19-15-7-8-18-16(20-15)13-5-3-4-6-14(13)21/h3-8,11-12,21H,9-10,17H2,1-2H3,(H,18,19,20). The van der Waals surface area contributed by atoms with Crippen LogP contribution < -0.4 is 11.1 Å². The first kappa shape index (κ1) is 15.3. The molecule has 21 heavy (non-hydrogen) atoms. The Morgan fingerprint density at radius 2 is 2.00 bits per heavy atom. The van der Waals surface area contributed by atoms with Crippen molar-refractivity contribution in [1.82, 2.24) is 9.97 Å². The van der Waals surface area contributed by atoms with Gasteiger partial charge in [-0.1, -0.05) is 26.0 Å². The first-order valence-electron chi connectivity index (χ1n) is 7.17. The van der Waals surface area contributed by atoms with E-state index >= 15 is 0 Å². The van der Waals surface area contributed by atoms with Gasteiger partial charge in [0.25, 0.3) is 0 Å². The van der Waals surface area contributed by atoms with Crippen LogP contribution in [0.15, 0.2) is 36.5 Å². The second kappa shape index (κ2) is 7.04. The number of hydrogen-bond donors (Lipinski definition) is 3. The average molecular weight is 286 g/mol. The molecule has 1 aromatic carbocycles. The highest BCUT2D eigenvalue weighted by Crippen LogP contribution is 2.25. The second-order valence-electron chi connectivity index (χ2n) is 5.55. The van der Waals surface area contributed by atoms with Gasteiger partial charge >= 0.3 is 0 Å². The molecule has 1 aromatic heterocycles. The lowest BCUT2D eigenvalue weighted by Gasteiger charge is -2.15. The van der Waals surface area contributed by atoms with Gasteiger partial charge in [0.15, 0.2) is 5.82 Å². The quantitative estimate of drug-likeness (QED) is 0.760. The Morgan fingerprint density at radius 1 is 1.24 bits per heavy atom. The highest BCUT2D eigenvalue weighted by Gasteiger charge is 2.09. The molecular weight excluding hydrogens is 264 g/mol. The van der Waals surface area contributed by atoms with E-state index in [9.17, 15) is 5.11 Å². The van der Waals surface area contributed by atoms with Crippen molar-refractivity contribution in [2.24, 2.45) is 11.7 Å². The van der Waals surface area contributed by atoms with Crippen LogP contribution in [0, 0.1) is 5.92 Å². The Balaban J connectivity index is 2.07. The van der Waals surface area contributed by atoms with Gasteiger partial charge in [-0.25, -0.2) is 9.97 Å². The zero-order chi connectivity index (χ0) is 15.2. The number of aromatic hydroxyl groups is 1. The van der Waals surface area contributed by atoms with Gasteiger partial charge in [-0.15, -0.1) is 0 Å². The molecule has 2 rings (SSSR count). The number of benzene rings is 1. The van der Waals surface area contributed by atoms with Crippen molar-refractivity contribution in [1.29, 1.82) is 0 Å². The van der Waals surface area contributed by atoms with Crippen molar-refractivity contribution in [3.8, 4) is 17.1 Å². The number of nitrogens with one attached hydrogen (secondary N) is 1. The average Bonchev–Trinajstić information content (AvgIpc) is 2.45. The normalized spacial score (nSPS) is 12.4. The summed E-state index contributed by atoms with van der Waals surface area (Å²) < 4.78 is 0. The first-order valence-corrected chi connectivity index (χ1v) is 7.17. The zero-order valence-electron chi connectivity index (χ0n) is 12.5. The number of para-hydroxylation sites is 1. The van der Waals surface area contributed by atoms with Crippen LogP contribution >= 0.6 is 0 Å². The molecule has 1 heterocycles. The molecule has 4 N–H and O–H groups in total. The van der Waals surface area contributed by atoms with Crippen LogP contribution in [0.1, 0.15) is 20.3 Å². The molecule has 0 spiro atoms. The molecule has 112 valence electrons. The van der Waals surface area contributed by atoms with E-state index in [4.69, 9.17) is 5.73 Å². The predicted molar refractivity (Wildman–Crippen MR) is 85.1 cm³/mol. The van der Waals surface area contributed by atoms with Crippen molar-refractivity contribution < 1.29 is 5.11 Å². The molecule has 0 radical (unpaired) electrons. The van der Waals surface area contributed by atoms with E-state index in [0.29, 0.717) is 29.7 Å². The Bertz CT molecular complexity index is 586. The lowest BCUT2D eigenvalue weighted by Crippen LogP contribution is -2.30. The number of nitrogens with two attached hydrogens (primary N) is 1. The summed E-state index contributed by atoms with van der Waals surface area (Å²) in [5, 5.41) is 13.1. The number of anilines is 1. The Morgan fingerprint density at radius 3 is 2.71 bits per heavy atom. The van der Waals surface area contributed by atoms with Gasteiger partial charge in [0, 0.05) is 18.8 Å². The molecule has 1 atom stereocenters. The largest absolute Gasteiger partial charge is 0.507 e. The molecule has 1 unspecified atom stereocenters. The van der Waals surface area contributed by atoms with Gasteiger partial charge in [-0.05, 0) is 30.5 Å². The topological polar surface area (TPSA) is 84.1 Å². The van der Waals surface area contributed by atoms with Gasteiger partial charge in [0.05, 0.1) is 5.56 Å². The summed E-state index contributed by atoms with van der Waals surface area (Å²) in [4.78, 5) is 8.62. The molecule has 0 aliphatic carbocycles. The molecule has 0 bridgehead atoms. The van der Waals surface area contributed by atoms with Crippen LogP contribution in [-0.4, -0.2) is 27.7 Å². The van der Waals surface area contributed by atoms with E-state index in [-0.39, 0.29) is 11.8 Å². The minimum absolute atomic E-state index is 0.0912. The zero-order valence-corrected chi connectivity index (χ0v) is 12.5. The minimum atomic E-state index is 0.0912. The summed E-state index contributed by atoms with van der Waals surface area (Å²) in [6.07, 6.45) is 2.63. The van der Waals surface area contributed by atoms with E-state index in [0.717, 1.165) is 6.42 Å². The van der Waals surface area contributed by atoms with Crippen LogP contribution in [0.4, 0.5) is 5.82 Å². The number of aromatic nitrogens is 2. The molecule has 5 heteroatoms. The highest BCUT2D eigenvalue weighted by atomic mass is 16.3. The number of rotatable bonds is 6. The summed E-state index contributed by atoms with van der Waals surface area (Å²) in [5.74, 6) is 1.95. The second-order valence-corrected chi connectivity index (χ2v) is 5.55. The molecule has 0 aliphatic heterocycles. The molecule has 0 aliphatic rings. The monoisotopic (exact) mass is 286 g/mol. The molecule has 5 nitrogen and oxygen atoms in total. The van der Waals surface area contributed by atoms with E-state index < -0.39 is 0 Å². The summed E-state index contributed by atoms with van der Waals surface area (Å²) in [5.41, 5.74) is 6.67. The van der Waals surface area contributed by atoms with Gasteiger partial charge in [-0.3, -0.25) is 0 Å². The Kier molecular flexibility index (Phi) is 5.11. The van der Waals surface area contributed by atoms with Crippen molar-refractivity contribution in [3.63, 3.8) is 0 Å². The summed E-state index contributed by atoms with van der Waals surface area (Å²) in [6.45, 7) is 4.97. The predicted octanol–water partition coefficient (Wildman–Crippen LogP) is 2.63. The summed E-state index contributed by atoms with van der Waals surface area (Å²) >= 11 is 0. The maximum absolute atomic E-state index is 9.85. The van der Waals surface area contributed by atoms with Crippen LogP contribution in [-0.2, 0) is 0 Å². The van der Waals surface area contributed by atoms with Crippen molar-refractivity contribution >= 4 is 5.82 Å². The van der Waals surface area contributed by atoms with Gasteiger partial charge in [0.1, 0.15) is 11.6 Å². The fraction of sp³-hybridized carbons (Fsp3) is 0.375. The number of phenols is 1. The highest BCUT2D eigenvalue weighted by molar-refractivity contribution is 5.64. The van der Waals surface area contributed by atoms with E-state index in [1.165, 1.54) is 0 Å². The molecule has 0 amide bonds. The molecular formula is C16H22N4O. The summed E-state index contributed by atoms with van der Waals surface area (Å²) in [6, 6.07) is 8.92. The number of nitrogens with zero attached hydrogens (tertiary/aromatic N) is 2. The van der Waals surface area contributed by atoms with E-state index in [1.54, 1.807) is 30.5 Å². The van der Waals surface area contributed by atoms with Crippen LogP contribution in [0.3, 0.4) is 0 Å². The lowest BCUT2D eigenvalue weighted by atomic mass is 10.0. The first-order chi connectivity index (χ1) is 10.1. The minimum Gasteiger partial charge on any atom is -0.507 e. The van der Waals surface area contributed by atoms with Gasteiger partial charge in [-0.2, -0.15) is 0 Å². The third kappa shape index (κ3) is 4.43. The smallest absolute Gasteiger partial charge is 0.165 e. The van der Waals surface area contributed by atoms with Crippen molar-refractivity contribution in [2.45, 2.75) is 26.3 Å². The van der Waals surface area contributed by atoms with Crippen molar-refractivity contribution in [2.75, 3.05) is 11.9 Å². The Hall–Kier alpha value is -2.14. The maximum atomic E-state index is 9.85. The lowest BCUT2D eigenvalue weighted by molar-refractivity contribution is 0.477. The number of phenolic OH excluding ortho intramolecular Hbond substituents is 1. The van der Waals surface area contributed by atoms with Gasteiger partial charge in [0.2, 0.25) is 0 Å². The molecule has 2 aromatic rings. The Labute approximate surface area is 125 Å². The SMILES string of the molecule is CC(C)CC(N)CNc1ccnc(-c2ccccc2O)n1. The van der Waals surface area contributed by atoms with E-state index in [2.05, 4.69) is 29.1 Å². The van der Waals surface area contributed by atoms with Crippen LogP contribution in [0.25, 0.3) is 11.4 Å². The van der Waals surface area contributed by atoms with Gasteiger partial charge < -0.3 is 16.2 Å². The fourth-order valence-corrected chi connectivity index (χ4v) is 2.17. The number of hydrogen-bond acceptors (Lipinski definition) is 5. The third-order valence-electron chi connectivity index (χ3n) is 3.12. The maximum Gasteiger partial charge on any atom is 0.165 e.